The molecule has 0 radical (unpaired) electrons. The zero-order valence-electron chi connectivity index (χ0n) is 13.3. The fraction of sp³-hybridized carbons (Fsp3) is 0.312. The van der Waals surface area contributed by atoms with Gasteiger partial charge in [-0.25, -0.2) is 9.48 Å². The number of para-hydroxylation sites is 2. The lowest BCUT2D eigenvalue weighted by Crippen LogP contribution is -2.16. The summed E-state index contributed by atoms with van der Waals surface area (Å²) in [7, 11) is 1.58. The normalized spacial score (nSPS) is 10.5. The highest BCUT2D eigenvalue weighted by Gasteiger charge is 2.12. The maximum Gasteiger partial charge on any atom is 0.356 e. The van der Waals surface area contributed by atoms with E-state index in [1.54, 1.807) is 31.4 Å². The van der Waals surface area contributed by atoms with E-state index >= 15 is 0 Å². The number of aromatic nitrogens is 2. The van der Waals surface area contributed by atoms with Crippen LogP contribution in [0.4, 0.5) is 5.69 Å². The number of rotatable bonds is 9. The topological polar surface area (TPSA) is 103 Å². The zero-order chi connectivity index (χ0) is 17.4. The molecule has 0 unspecified atom stereocenters. The van der Waals surface area contributed by atoms with Crippen LogP contribution in [0.2, 0.25) is 0 Å². The van der Waals surface area contributed by atoms with Gasteiger partial charge >= 0.3 is 5.97 Å². The Labute approximate surface area is 139 Å². The molecule has 0 saturated heterocycles. The molecule has 24 heavy (non-hydrogen) atoms. The molecule has 8 heteroatoms. The number of ether oxygens (including phenoxy) is 2. The maximum atomic E-state index is 12.0. The van der Waals surface area contributed by atoms with E-state index in [-0.39, 0.29) is 18.0 Å². The molecule has 0 fully saturated rings. The van der Waals surface area contributed by atoms with Gasteiger partial charge < -0.3 is 19.9 Å². The van der Waals surface area contributed by atoms with E-state index in [2.05, 4.69) is 10.4 Å². The van der Waals surface area contributed by atoms with E-state index in [4.69, 9.17) is 14.6 Å². The lowest BCUT2D eigenvalue weighted by molar-refractivity contribution is -0.117. The van der Waals surface area contributed by atoms with Crippen molar-refractivity contribution < 1.29 is 24.2 Å². The Balaban J connectivity index is 2.00. The molecule has 0 atom stereocenters. The number of anilines is 1. The third-order valence-corrected chi connectivity index (χ3v) is 3.14. The summed E-state index contributed by atoms with van der Waals surface area (Å²) in [6.45, 7) is 1.21. The molecule has 1 amide bonds. The third kappa shape index (κ3) is 4.90. The van der Waals surface area contributed by atoms with Gasteiger partial charge in [0.05, 0.1) is 37.6 Å². The van der Waals surface area contributed by atoms with E-state index in [1.807, 2.05) is 0 Å². The first-order valence-electron chi connectivity index (χ1n) is 7.36. The number of methoxy groups -OCH3 is 1. The summed E-state index contributed by atoms with van der Waals surface area (Å²) in [6.07, 6.45) is 1.74. The van der Waals surface area contributed by atoms with Gasteiger partial charge in [-0.3, -0.25) is 4.79 Å². The van der Waals surface area contributed by atoms with Crippen molar-refractivity contribution in [2.75, 3.05) is 32.2 Å². The molecule has 2 aromatic rings. The highest BCUT2D eigenvalue weighted by Crippen LogP contribution is 2.19. The number of nitrogens with one attached hydrogen (secondary N) is 1. The van der Waals surface area contributed by atoms with Gasteiger partial charge in [-0.1, -0.05) is 12.1 Å². The van der Waals surface area contributed by atoms with Crippen LogP contribution >= 0.6 is 0 Å². The minimum atomic E-state index is -1.11. The molecule has 0 aliphatic carbocycles. The molecule has 0 spiro atoms. The number of amides is 1. The number of carboxylic acids is 1. The largest absolute Gasteiger partial charge is 0.476 e. The Kier molecular flexibility index (Phi) is 6.47. The van der Waals surface area contributed by atoms with Gasteiger partial charge in [0, 0.05) is 13.3 Å². The molecule has 1 heterocycles. The first kappa shape index (κ1) is 17.6. The minimum absolute atomic E-state index is 0.0670. The van der Waals surface area contributed by atoms with Crippen LogP contribution in [0.5, 0.6) is 0 Å². The number of carboxylic acid groups (broad SMARTS) is 1. The highest BCUT2D eigenvalue weighted by molar-refractivity contribution is 5.93. The van der Waals surface area contributed by atoms with Crippen LogP contribution in [0.3, 0.4) is 0 Å². The Morgan fingerprint density at radius 3 is 2.71 bits per heavy atom. The highest BCUT2D eigenvalue weighted by atomic mass is 16.5. The smallest absolute Gasteiger partial charge is 0.356 e. The van der Waals surface area contributed by atoms with E-state index in [1.165, 1.54) is 16.9 Å². The monoisotopic (exact) mass is 333 g/mol. The van der Waals surface area contributed by atoms with E-state index in [0.717, 1.165) is 0 Å². The number of carbonyl (C=O) groups is 2. The van der Waals surface area contributed by atoms with Gasteiger partial charge in [-0.15, -0.1) is 0 Å². The maximum absolute atomic E-state index is 12.0. The zero-order valence-corrected chi connectivity index (χ0v) is 13.3. The van der Waals surface area contributed by atoms with Gasteiger partial charge in [-0.05, 0) is 18.2 Å². The van der Waals surface area contributed by atoms with E-state index in [0.29, 0.717) is 31.2 Å². The minimum Gasteiger partial charge on any atom is -0.476 e. The van der Waals surface area contributed by atoms with Crippen LogP contribution in [0, 0.1) is 0 Å². The lowest BCUT2D eigenvalue weighted by Gasteiger charge is -2.11. The predicted molar refractivity (Wildman–Crippen MR) is 86.5 cm³/mol. The van der Waals surface area contributed by atoms with E-state index in [9.17, 15) is 9.59 Å². The SMILES string of the molecule is COCCOCCC(=O)Nc1ccccc1-n1ccc(C(=O)O)n1. The number of benzene rings is 1. The van der Waals surface area contributed by atoms with Crippen molar-refractivity contribution in [3.63, 3.8) is 0 Å². The molecule has 128 valence electrons. The molecule has 2 rings (SSSR count). The molecule has 0 aliphatic heterocycles. The summed E-state index contributed by atoms with van der Waals surface area (Å²) in [5.74, 6) is -1.31. The molecule has 8 nitrogen and oxygen atoms in total. The number of aromatic carboxylic acids is 1. The summed E-state index contributed by atoms with van der Waals surface area (Å²) in [5, 5.41) is 15.7. The predicted octanol–water partition coefficient (Wildman–Crippen LogP) is 1.56. The molecular formula is C16H19N3O5. The van der Waals surface area contributed by atoms with Gasteiger partial charge in [0.1, 0.15) is 0 Å². The third-order valence-electron chi connectivity index (χ3n) is 3.14. The van der Waals surface area contributed by atoms with Crippen molar-refractivity contribution >= 4 is 17.6 Å². The van der Waals surface area contributed by atoms with Crippen LogP contribution in [-0.2, 0) is 14.3 Å². The Hall–Kier alpha value is -2.71. The van der Waals surface area contributed by atoms with Gasteiger partial charge in [0.2, 0.25) is 5.91 Å². The van der Waals surface area contributed by atoms with Crippen molar-refractivity contribution in [1.82, 2.24) is 9.78 Å². The average Bonchev–Trinajstić information content (AvgIpc) is 3.05. The molecule has 2 N–H and O–H groups in total. The summed E-state index contributed by atoms with van der Waals surface area (Å²) in [5.41, 5.74) is 1.06. The summed E-state index contributed by atoms with van der Waals surface area (Å²) in [4.78, 5) is 22.9. The lowest BCUT2D eigenvalue weighted by atomic mass is 10.2. The van der Waals surface area contributed by atoms with Gasteiger partial charge in [-0.2, -0.15) is 5.10 Å². The van der Waals surface area contributed by atoms with Crippen molar-refractivity contribution in [2.45, 2.75) is 6.42 Å². The Morgan fingerprint density at radius 1 is 1.21 bits per heavy atom. The molecule has 0 bridgehead atoms. The van der Waals surface area contributed by atoms with Crippen LogP contribution in [0.1, 0.15) is 16.9 Å². The first-order valence-corrected chi connectivity index (χ1v) is 7.36. The molecule has 1 aromatic carbocycles. The van der Waals surface area contributed by atoms with Crippen LogP contribution < -0.4 is 5.32 Å². The van der Waals surface area contributed by atoms with Crippen molar-refractivity contribution in [2.24, 2.45) is 0 Å². The second-order valence-corrected chi connectivity index (χ2v) is 4.87. The summed E-state index contributed by atoms with van der Waals surface area (Å²) < 4.78 is 11.5. The number of nitrogens with zero attached hydrogens (tertiary/aromatic N) is 2. The molecular weight excluding hydrogens is 314 g/mol. The Morgan fingerprint density at radius 2 is 2.00 bits per heavy atom. The summed E-state index contributed by atoms with van der Waals surface area (Å²) >= 11 is 0. The second-order valence-electron chi connectivity index (χ2n) is 4.87. The molecule has 1 aromatic heterocycles. The van der Waals surface area contributed by atoms with Gasteiger partial charge in [0.25, 0.3) is 0 Å². The fourth-order valence-electron chi connectivity index (χ4n) is 1.97. The quantitative estimate of drug-likeness (QED) is 0.675. The Bertz CT molecular complexity index is 699. The van der Waals surface area contributed by atoms with Crippen LogP contribution in [-0.4, -0.2) is 53.7 Å². The molecule has 0 aliphatic rings. The number of hydrogen-bond acceptors (Lipinski definition) is 5. The van der Waals surface area contributed by atoms with Crippen molar-refractivity contribution in [1.29, 1.82) is 0 Å². The van der Waals surface area contributed by atoms with Crippen molar-refractivity contribution in [3.05, 3.63) is 42.2 Å². The standard InChI is InChI=1S/C16H19N3O5/c1-23-10-11-24-9-7-15(20)17-12-4-2-3-5-14(12)19-8-6-13(18-19)16(21)22/h2-6,8H,7,9-11H2,1H3,(H,17,20)(H,21,22). The average molecular weight is 333 g/mol. The number of carbonyl (C=O) groups excluding carboxylic acids is 1. The fourth-order valence-corrected chi connectivity index (χ4v) is 1.97. The van der Waals surface area contributed by atoms with Gasteiger partial charge in [0.15, 0.2) is 5.69 Å². The van der Waals surface area contributed by atoms with Crippen molar-refractivity contribution in [3.8, 4) is 5.69 Å². The summed E-state index contributed by atoms with van der Waals surface area (Å²) in [6, 6.07) is 8.41. The van der Waals surface area contributed by atoms with Crippen LogP contribution in [0.15, 0.2) is 36.5 Å². The number of hydrogen-bond donors (Lipinski definition) is 2. The second kappa shape index (κ2) is 8.80. The van der Waals surface area contributed by atoms with E-state index < -0.39 is 5.97 Å². The molecule has 0 saturated carbocycles. The van der Waals surface area contributed by atoms with Crippen LogP contribution in [0.25, 0.3) is 5.69 Å². The first-order chi connectivity index (χ1) is 11.6.